The molecule has 0 spiro atoms. The summed E-state index contributed by atoms with van der Waals surface area (Å²) in [5.41, 5.74) is 0. The lowest BCUT2D eigenvalue weighted by Crippen LogP contribution is -2.10. The predicted octanol–water partition coefficient (Wildman–Crippen LogP) is 3.06. The van der Waals surface area contributed by atoms with E-state index in [1.165, 1.54) is 19.3 Å². The lowest BCUT2D eigenvalue weighted by molar-refractivity contribution is 0.161. The third-order valence-corrected chi connectivity index (χ3v) is 2.51. The van der Waals surface area contributed by atoms with Crippen LogP contribution in [0.1, 0.15) is 39.0 Å². The first-order valence-electron chi connectivity index (χ1n) is 5.36. The summed E-state index contributed by atoms with van der Waals surface area (Å²) < 4.78 is 0. The minimum Gasteiger partial charge on any atom is -0.392 e. The van der Waals surface area contributed by atoms with E-state index in [9.17, 15) is 5.11 Å². The van der Waals surface area contributed by atoms with Crippen molar-refractivity contribution in [1.29, 1.82) is 0 Å². The van der Waals surface area contributed by atoms with Crippen molar-refractivity contribution < 1.29 is 5.11 Å². The summed E-state index contributed by atoms with van der Waals surface area (Å²) in [6.45, 7) is 2.22. The summed E-state index contributed by atoms with van der Waals surface area (Å²) >= 11 is 0. The van der Waals surface area contributed by atoms with E-state index in [-0.39, 0.29) is 12.0 Å². The lowest BCUT2D eigenvalue weighted by Gasteiger charge is -2.07. The molecule has 0 aliphatic heterocycles. The van der Waals surface area contributed by atoms with Gasteiger partial charge in [0.15, 0.2) is 0 Å². The van der Waals surface area contributed by atoms with Crippen LogP contribution < -0.4 is 0 Å². The van der Waals surface area contributed by atoms with Gasteiger partial charge in [-0.25, -0.2) is 0 Å². The molecule has 0 radical (unpaired) electrons. The van der Waals surface area contributed by atoms with Crippen molar-refractivity contribution in [2.45, 2.75) is 45.1 Å². The van der Waals surface area contributed by atoms with Crippen molar-refractivity contribution in [3.8, 4) is 0 Å². The Morgan fingerprint density at radius 3 is 2.92 bits per heavy atom. The van der Waals surface area contributed by atoms with Gasteiger partial charge in [0.1, 0.15) is 0 Å². The zero-order valence-corrected chi connectivity index (χ0v) is 8.45. The van der Waals surface area contributed by atoms with Gasteiger partial charge in [-0.3, -0.25) is 0 Å². The van der Waals surface area contributed by atoms with Crippen molar-refractivity contribution in [3.63, 3.8) is 0 Å². The smallest absolute Gasteiger partial charge is 0.0671 e. The molecule has 0 bridgehead atoms. The minimum absolute atomic E-state index is 0.164. The molecule has 13 heavy (non-hydrogen) atoms. The van der Waals surface area contributed by atoms with E-state index < -0.39 is 0 Å². The zero-order chi connectivity index (χ0) is 9.52. The lowest BCUT2D eigenvalue weighted by atomic mass is 10.1. The fraction of sp³-hybridized carbons (Fsp3) is 0.667. The zero-order valence-electron chi connectivity index (χ0n) is 8.45. The van der Waals surface area contributed by atoms with Crippen molar-refractivity contribution in [3.05, 3.63) is 24.3 Å². The Kier molecular flexibility index (Phi) is 4.84. The fourth-order valence-electron chi connectivity index (χ4n) is 1.62. The molecular weight excluding hydrogens is 160 g/mol. The molecule has 1 aliphatic carbocycles. The Hall–Kier alpha value is -0.560. The average molecular weight is 180 g/mol. The summed E-state index contributed by atoms with van der Waals surface area (Å²) in [5, 5.41) is 9.48. The monoisotopic (exact) mass is 180 g/mol. The van der Waals surface area contributed by atoms with E-state index in [0.29, 0.717) is 0 Å². The molecule has 1 N–H and O–H groups in total. The molecule has 74 valence electrons. The quantitative estimate of drug-likeness (QED) is 0.509. The first-order chi connectivity index (χ1) is 6.34. The van der Waals surface area contributed by atoms with Crippen LogP contribution in [0.2, 0.25) is 0 Å². The van der Waals surface area contributed by atoms with Crippen LogP contribution in [0, 0.1) is 5.92 Å². The van der Waals surface area contributed by atoms with Gasteiger partial charge < -0.3 is 5.11 Å². The first-order valence-corrected chi connectivity index (χ1v) is 5.36. The van der Waals surface area contributed by atoms with Gasteiger partial charge in [0, 0.05) is 5.92 Å². The number of hydrogen-bond acceptors (Lipinski definition) is 1. The Morgan fingerprint density at radius 2 is 2.31 bits per heavy atom. The normalized spacial score (nSPS) is 27.5. The molecule has 0 aromatic heterocycles. The molecule has 0 heterocycles. The van der Waals surface area contributed by atoms with E-state index in [0.717, 1.165) is 12.8 Å². The highest BCUT2D eigenvalue weighted by Crippen LogP contribution is 2.19. The molecule has 0 amide bonds. The number of rotatable bonds is 5. The van der Waals surface area contributed by atoms with Gasteiger partial charge >= 0.3 is 0 Å². The van der Waals surface area contributed by atoms with Crippen LogP contribution in [-0.4, -0.2) is 11.2 Å². The van der Waals surface area contributed by atoms with E-state index >= 15 is 0 Å². The highest BCUT2D eigenvalue weighted by Gasteiger charge is 2.16. The first kappa shape index (κ1) is 10.5. The number of unbranched alkanes of at least 4 members (excludes halogenated alkanes) is 3. The van der Waals surface area contributed by atoms with Crippen LogP contribution in [0.3, 0.4) is 0 Å². The molecule has 1 aliphatic rings. The molecule has 2 atom stereocenters. The molecular formula is C12H20O. The van der Waals surface area contributed by atoms with Gasteiger partial charge in [-0.1, -0.05) is 44.1 Å². The summed E-state index contributed by atoms with van der Waals surface area (Å²) in [4.78, 5) is 0. The van der Waals surface area contributed by atoms with Crippen molar-refractivity contribution in [1.82, 2.24) is 0 Å². The Labute approximate surface area is 81.2 Å². The molecule has 0 fully saturated rings. The molecule has 1 rings (SSSR count). The van der Waals surface area contributed by atoms with Crippen molar-refractivity contribution in [2.75, 3.05) is 0 Å². The van der Waals surface area contributed by atoms with Crippen LogP contribution >= 0.6 is 0 Å². The predicted molar refractivity (Wildman–Crippen MR) is 56.5 cm³/mol. The van der Waals surface area contributed by atoms with E-state index in [1.54, 1.807) is 0 Å². The van der Waals surface area contributed by atoms with E-state index in [2.05, 4.69) is 31.2 Å². The minimum atomic E-state index is -0.164. The van der Waals surface area contributed by atoms with Gasteiger partial charge in [0.05, 0.1) is 6.10 Å². The maximum atomic E-state index is 9.48. The van der Waals surface area contributed by atoms with Crippen LogP contribution in [0.25, 0.3) is 0 Å². The second kappa shape index (κ2) is 5.98. The molecule has 0 aromatic carbocycles. The Morgan fingerprint density at radius 1 is 1.46 bits per heavy atom. The molecule has 0 saturated heterocycles. The van der Waals surface area contributed by atoms with Crippen molar-refractivity contribution in [2.24, 2.45) is 5.92 Å². The maximum Gasteiger partial charge on any atom is 0.0671 e. The molecule has 1 nitrogen and oxygen atoms in total. The summed E-state index contributed by atoms with van der Waals surface area (Å²) in [7, 11) is 0. The number of allylic oxidation sites excluding steroid dienone is 1. The maximum absolute atomic E-state index is 9.48. The average Bonchev–Trinajstić information content (AvgIpc) is 2.52. The highest BCUT2D eigenvalue weighted by molar-refractivity contribution is 5.10. The third-order valence-electron chi connectivity index (χ3n) is 2.51. The van der Waals surface area contributed by atoms with Gasteiger partial charge in [0.25, 0.3) is 0 Å². The van der Waals surface area contributed by atoms with Gasteiger partial charge in [0.2, 0.25) is 0 Å². The highest BCUT2D eigenvalue weighted by atomic mass is 16.3. The Bertz CT molecular complexity index is 182. The molecule has 0 unspecified atom stereocenters. The van der Waals surface area contributed by atoms with Gasteiger partial charge in [-0.2, -0.15) is 0 Å². The summed E-state index contributed by atoms with van der Waals surface area (Å²) in [6.07, 6.45) is 14.2. The van der Waals surface area contributed by atoms with E-state index in [4.69, 9.17) is 0 Å². The fourth-order valence-corrected chi connectivity index (χ4v) is 1.62. The van der Waals surface area contributed by atoms with Crippen LogP contribution in [0.5, 0.6) is 0 Å². The molecule has 0 saturated carbocycles. The van der Waals surface area contributed by atoms with Gasteiger partial charge in [-0.15, -0.1) is 0 Å². The standard InChI is InChI=1S/C12H20O/c1-2-3-4-5-6-8-11-9-7-10-12(11)13/h6-9,11-13H,2-5,10H2,1H3/b8-6+/t11-,12-/m1/s1. The van der Waals surface area contributed by atoms with Crippen LogP contribution in [0.15, 0.2) is 24.3 Å². The van der Waals surface area contributed by atoms with Crippen LogP contribution in [0.4, 0.5) is 0 Å². The summed E-state index contributed by atoms with van der Waals surface area (Å²) in [5.74, 6) is 0.279. The van der Waals surface area contributed by atoms with Crippen LogP contribution in [-0.2, 0) is 0 Å². The number of hydrogen-bond donors (Lipinski definition) is 1. The largest absolute Gasteiger partial charge is 0.392 e. The third kappa shape index (κ3) is 3.77. The Balaban J connectivity index is 2.12. The second-order valence-electron chi connectivity index (χ2n) is 3.73. The second-order valence-corrected chi connectivity index (χ2v) is 3.73. The van der Waals surface area contributed by atoms with E-state index in [1.807, 2.05) is 0 Å². The topological polar surface area (TPSA) is 20.2 Å². The summed E-state index contributed by atoms with van der Waals surface area (Å²) in [6, 6.07) is 0. The molecule has 1 heteroatoms. The van der Waals surface area contributed by atoms with Gasteiger partial charge in [-0.05, 0) is 19.3 Å². The SMILES string of the molecule is CCCCC/C=C/[C@@H]1C=CC[C@H]1O. The van der Waals surface area contributed by atoms with Crippen molar-refractivity contribution >= 4 is 0 Å². The number of aliphatic hydroxyl groups is 1. The molecule has 0 aromatic rings. The number of aliphatic hydroxyl groups excluding tert-OH is 1.